The van der Waals surface area contributed by atoms with Gasteiger partial charge < -0.3 is 9.72 Å². The van der Waals surface area contributed by atoms with Crippen molar-refractivity contribution in [2.75, 3.05) is 0 Å². The molecule has 1 N–H and O–H groups in total. The highest BCUT2D eigenvalue weighted by Gasteiger charge is 2.30. The number of pyridine rings is 1. The second-order valence-electron chi connectivity index (χ2n) is 3.99. The van der Waals surface area contributed by atoms with E-state index in [2.05, 4.69) is 9.72 Å². The van der Waals surface area contributed by atoms with Gasteiger partial charge in [-0.1, -0.05) is 12.1 Å². The van der Waals surface area contributed by atoms with Crippen molar-refractivity contribution in [1.29, 1.82) is 0 Å². The first-order valence-corrected chi connectivity index (χ1v) is 5.41. The molecule has 0 bridgehead atoms. The van der Waals surface area contributed by atoms with Crippen molar-refractivity contribution in [2.45, 2.75) is 13.3 Å². The molecule has 2 rings (SSSR count). The molecule has 19 heavy (non-hydrogen) atoms. The van der Waals surface area contributed by atoms with Crippen LogP contribution >= 0.6 is 0 Å². The molecule has 0 amide bonds. The number of hydrogen-bond donors (Lipinski definition) is 1. The van der Waals surface area contributed by atoms with E-state index in [4.69, 9.17) is 0 Å². The number of nitrogens with one attached hydrogen (secondary N) is 1. The van der Waals surface area contributed by atoms with Crippen LogP contribution in [-0.2, 0) is 0 Å². The van der Waals surface area contributed by atoms with Gasteiger partial charge in [0.2, 0.25) is 5.56 Å². The maximum Gasteiger partial charge on any atom is 0.573 e. The topological polar surface area (TPSA) is 42.1 Å². The maximum absolute atomic E-state index is 12.0. The number of halogens is 3. The van der Waals surface area contributed by atoms with Crippen LogP contribution < -0.4 is 10.3 Å². The van der Waals surface area contributed by atoms with Gasteiger partial charge in [0.15, 0.2) is 0 Å². The van der Waals surface area contributed by atoms with Crippen molar-refractivity contribution in [1.82, 2.24) is 4.98 Å². The van der Waals surface area contributed by atoms with Crippen molar-refractivity contribution in [3.05, 3.63) is 52.4 Å². The van der Waals surface area contributed by atoms with E-state index in [1.54, 1.807) is 13.0 Å². The quantitative estimate of drug-likeness (QED) is 0.909. The fourth-order valence-corrected chi connectivity index (χ4v) is 1.70. The summed E-state index contributed by atoms with van der Waals surface area (Å²) in [5.41, 5.74) is 1.70. The average Bonchev–Trinajstić information content (AvgIpc) is 2.26. The Bertz CT molecular complexity index is 630. The van der Waals surface area contributed by atoms with E-state index in [1.807, 2.05) is 0 Å². The van der Waals surface area contributed by atoms with Gasteiger partial charge in [-0.25, -0.2) is 0 Å². The Kier molecular flexibility index (Phi) is 3.33. The third-order valence-electron chi connectivity index (χ3n) is 2.40. The minimum atomic E-state index is -4.71. The van der Waals surface area contributed by atoms with Crippen molar-refractivity contribution < 1.29 is 17.9 Å². The number of H-pyrrole nitrogens is 1. The number of ether oxygens (including phenoxy) is 1. The highest BCUT2D eigenvalue weighted by molar-refractivity contribution is 5.64. The number of aromatic amines is 1. The molecule has 1 aromatic carbocycles. The summed E-state index contributed by atoms with van der Waals surface area (Å²) < 4.78 is 39.8. The van der Waals surface area contributed by atoms with Gasteiger partial charge in [-0.3, -0.25) is 4.79 Å². The molecule has 0 aliphatic heterocycles. The smallest absolute Gasteiger partial charge is 0.406 e. The molecule has 1 heterocycles. The summed E-state index contributed by atoms with van der Waals surface area (Å²) in [7, 11) is 0. The van der Waals surface area contributed by atoms with E-state index < -0.39 is 6.36 Å². The zero-order chi connectivity index (χ0) is 14.0. The number of aryl methyl sites for hydroxylation is 1. The lowest BCUT2D eigenvalue weighted by molar-refractivity contribution is -0.274. The van der Waals surface area contributed by atoms with Crippen LogP contribution in [0.25, 0.3) is 11.1 Å². The first kappa shape index (κ1) is 13.2. The predicted molar refractivity (Wildman–Crippen MR) is 63.9 cm³/mol. The van der Waals surface area contributed by atoms with Crippen LogP contribution in [-0.4, -0.2) is 11.3 Å². The van der Waals surface area contributed by atoms with Gasteiger partial charge in [0.05, 0.1) is 0 Å². The number of benzene rings is 1. The van der Waals surface area contributed by atoms with Gasteiger partial charge in [0, 0.05) is 11.8 Å². The molecule has 3 nitrogen and oxygen atoms in total. The molecule has 0 saturated heterocycles. The normalized spacial score (nSPS) is 11.4. The lowest BCUT2D eigenvalue weighted by Gasteiger charge is -2.09. The Hall–Kier alpha value is -2.24. The molecule has 2 aromatic rings. The summed E-state index contributed by atoms with van der Waals surface area (Å²) in [6, 6.07) is 8.47. The third kappa shape index (κ3) is 3.61. The van der Waals surface area contributed by atoms with Crippen LogP contribution in [0, 0.1) is 6.92 Å². The Balaban J connectivity index is 2.30. The van der Waals surface area contributed by atoms with Crippen molar-refractivity contribution in [2.24, 2.45) is 0 Å². The lowest BCUT2D eigenvalue weighted by atomic mass is 10.1. The number of aromatic nitrogens is 1. The number of alkyl halides is 3. The largest absolute Gasteiger partial charge is 0.573 e. The predicted octanol–water partition coefficient (Wildman–Crippen LogP) is 3.25. The molecule has 0 saturated carbocycles. The maximum atomic E-state index is 12.0. The molecular weight excluding hydrogens is 259 g/mol. The van der Waals surface area contributed by atoms with E-state index >= 15 is 0 Å². The molecule has 6 heteroatoms. The molecule has 0 aliphatic carbocycles. The van der Waals surface area contributed by atoms with Gasteiger partial charge >= 0.3 is 6.36 Å². The highest BCUT2D eigenvalue weighted by Crippen LogP contribution is 2.26. The van der Waals surface area contributed by atoms with Gasteiger partial charge in [-0.05, 0) is 36.2 Å². The fourth-order valence-electron chi connectivity index (χ4n) is 1.70. The van der Waals surface area contributed by atoms with Crippen LogP contribution in [0.5, 0.6) is 5.75 Å². The number of hydrogen-bond acceptors (Lipinski definition) is 2. The molecule has 1 aromatic heterocycles. The number of rotatable bonds is 2. The Morgan fingerprint density at radius 2 is 1.68 bits per heavy atom. The van der Waals surface area contributed by atoms with Gasteiger partial charge in [0.1, 0.15) is 5.75 Å². The van der Waals surface area contributed by atoms with Crippen molar-refractivity contribution in [3.63, 3.8) is 0 Å². The molecule has 0 unspecified atom stereocenters. The second-order valence-corrected chi connectivity index (χ2v) is 3.99. The molecule has 0 spiro atoms. The Morgan fingerprint density at radius 3 is 2.21 bits per heavy atom. The minimum absolute atomic E-state index is 0.259. The zero-order valence-electron chi connectivity index (χ0n) is 9.91. The molecule has 0 fully saturated rings. The first-order chi connectivity index (χ1) is 8.83. The van der Waals surface area contributed by atoms with Crippen molar-refractivity contribution in [3.8, 4) is 16.9 Å². The fraction of sp³-hybridized carbons (Fsp3) is 0.154. The summed E-state index contributed by atoms with van der Waals surface area (Å²) in [5.74, 6) is -0.294. The lowest BCUT2D eigenvalue weighted by Crippen LogP contribution is -2.16. The molecular formula is C13H10F3NO2. The van der Waals surface area contributed by atoms with E-state index in [9.17, 15) is 18.0 Å². The standard InChI is InChI=1S/C13H10F3NO2/c1-8-6-10(7-12(18)17-8)9-2-4-11(5-3-9)19-13(14,15)16/h2-7H,1H3,(H,17,18). The van der Waals surface area contributed by atoms with E-state index in [0.717, 1.165) is 0 Å². The van der Waals surface area contributed by atoms with Crippen LogP contribution in [0.2, 0.25) is 0 Å². The summed E-state index contributed by atoms with van der Waals surface area (Å²) in [5, 5.41) is 0. The molecule has 100 valence electrons. The van der Waals surface area contributed by atoms with Crippen LogP contribution in [0.3, 0.4) is 0 Å². The highest BCUT2D eigenvalue weighted by atomic mass is 19.4. The summed E-state index contributed by atoms with van der Waals surface area (Å²) in [6.07, 6.45) is -4.71. The monoisotopic (exact) mass is 269 g/mol. The minimum Gasteiger partial charge on any atom is -0.406 e. The van der Waals surface area contributed by atoms with E-state index in [0.29, 0.717) is 16.8 Å². The SMILES string of the molecule is Cc1cc(-c2ccc(OC(F)(F)F)cc2)cc(=O)[nH]1. The summed E-state index contributed by atoms with van der Waals surface area (Å²) in [6.45, 7) is 1.73. The van der Waals surface area contributed by atoms with E-state index in [-0.39, 0.29) is 11.3 Å². The third-order valence-corrected chi connectivity index (χ3v) is 2.40. The van der Waals surface area contributed by atoms with Crippen LogP contribution in [0.4, 0.5) is 13.2 Å². The van der Waals surface area contributed by atoms with Crippen molar-refractivity contribution >= 4 is 0 Å². The van der Waals surface area contributed by atoms with Crippen LogP contribution in [0.15, 0.2) is 41.2 Å². The van der Waals surface area contributed by atoms with Gasteiger partial charge in [-0.15, -0.1) is 13.2 Å². The van der Waals surface area contributed by atoms with Crippen LogP contribution in [0.1, 0.15) is 5.69 Å². The molecule has 0 radical (unpaired) electrons. The van der Waals surface area contributed by atoms with E-state index in [1.165, 1.54) is 30.3 Å². The Labute approximate surface area is 106 Å². The second kappa shape index (κ2) is 4.79. The molecule has 0 atom stereocenters. The zero-order valence-corrected chi connectivity index (χ0v) is 9.91. The van der Waals surface area contributed by atoms with Gasteiger partial charge in [0.25, 0.3) is 0 Å². The summed E-state index contributed by atoms with van der Waals surface area (Å²) in [4.78, 5) is 13.9. The summed E-state index contributed by atoms with van der Waals surface area (Å²) >= 11 is 0. The Morgan fingerprint density at radius 1 is 1.05 bits per heavy atom. The first-order valence-electron chi connectivity index (χ1n) is 5.41. The average molecular weight is 269 g/mol. The molecule has 0 aliphatic rings. The van der Waals surface area contributed by atoms with Gasteiger partial charge in [-0.2, -0.15) is 0 Å².